The standard InChI is InChI=1S/C16H14FN3O/c1-2-16(21)20-7-6-14-12(10-20)9-15(19-18-14)11-4-3-5-13(17)8-11/h2-5,8-9H,1,6-7,10H2. The Kier molecular flexibility index (Phi) is 3.48. The number of nitrogens with zero attached hydrogens (tertiary/aromatic N) is 3. The van der Waals surface area contributed by atoms with Gasteiger partial charge in [0.05, 0.1) is 11.4 Å². The van der Waals surface area contributed by atoms with Crippen molar-refractivity contribution in [1.82, 2.24) is 15.1 Å². The number of fused-ring (bicyclic) bond motifs is 1. The molecule has 0 fully saturated rings. The quantitative estimate of drug-likeness (QED) is 0.795. The Morgan fingerprint density at radius 2 is 2.19 bits per heavy atom. The fraction of sp³-hybridized carbons (Fsp3) is 0.188. The van der Waals surface area contributed by atoms with Crippen LogP contribution in [0, 0.1) is 5.82 Å². The number of carbonyl (C=O) groups excluding carboxylic acids is 1. The highest BCUT2D eigenvalue weighted by molar-refractivity contribution is 5.87. The van der Waals surface area contributed by atoms with Crippen LogP contribution >= 0.6 is 0 Å². The van der Waals surface area contributed by atoms with Crippen LogP contribution in [0.25, 0.3) is 11.3 Å². The molecule has 4 nitrogen and oxygen atoms in total. The van der Waals surface area contributed by atoms with Crippen LogP contribution in [-0.4, -0.2) is 27.5 Å². The van der Waals surface area contributed by atoms with E-state index in [0.29, 0.717) is 30.8 Å². The van der Waals surface area contributed by atoms with Gasteiger partial charge in [-0.2, -0.15) is 10.2 Å². The molecule has 1 aliphatic heterocycles. The highest BCUT2D eigenvalue weighted by atomic mass is 19.1. The molecule has 2 heterocycles. The van der Waals surface area contributed by atoms with Crippen LogP contribution in [0.3, 0.4) is 0 Å². The van der Waals surface area contributed by atoms with Crippen LogP contribution in [0.15, 0.2) is 43.0 Å². The summed E-state index contributed by atoms with van der Waals surface area (Å²) in [7, 11) is 0. The highest BCUT2D eigenvalue weighted by Gasteiger charge is 2.21. The predicted molar refractivity (Wildman–Crippen MR) is 76.7 cm³/mol. The van der Waals surface area contributed by atoms with Gasteiger partial charge in [0.25, 0.3) is 0 Å². The highest BCUT2D eigenvalue weighted by Crippen LogP contribution is 2.23. The molecule has 1 aromatic heterocycles. The lowest BCUT2D eigenvalue weighted by Crippen LogP contribution is -2.35. The molecule has 0 N–H and O–H groups in total. The summed E-state index contributed by atoms with van der Waals surface area (Å²) in [5.41, 5.74) is 3.13. The van der Waals surface area contributed by atoms with E-state index in [4.69, 9.17) is 0 Å². The van der Waals surface area contributed by atoms with Gasteiger partial charge >= 0.3 is 0 Å². The molecular formula is C16H14FN3O. The Morgan fingerprint density at radius 3 is 2.95 bits per heavy atom. The van der Waals surface area contributed by atoms with Crippen molar-refractivity contribution >= 4 is 5.91 Å². The molecule has 21 heavy (non-hydrogen) atoms. The van der Waals surface area contributed by atoms with Gasteiger partial charge in [0.1, 0.15) is 5.82 Å². The zero-order valence-corrected chi connectivity index (χ0v) is 11.4. The first-order valence-corrected chi connectivity index (χ1v) is 6.70. The third-order valence-electron chi connectivity index (χ3n) is 3.55. The monoisotopic (exact) mass is 283 g/mol. The van der Waals surface area contributed by atoms with Crippen LogP contribution in [0.1, 0.15) is 11.3 Å². The van der Waals surface area contributed by atoms with Gasteiger partial charge in [-0.15, -0.1) is 0 Å². The molecule has 0 saturated carbocycles. The minimum absolute atomic E-state index is 0.0928. The number of halogens is 1. The molecule has 0 unspecified atom stereocenters. The fourth-order valence-corrected chi connectivity index (χ4v) is 2.43. The normalized spacial score (nSPS) is 13.7. The topological polar surface area (TPSA) is 46.1 Å². The second-order valence-electron chi connectivity index (χ2n) is 4.93. The van der Waals surface area contributed by atoms with Gasteiger partial charge in [-0.25, -0.2) is 4.39 Å². The third-order valence-corrected chi connectivity index (χ3v) is 3.55. The molecule has 3 rings (SSSR count). The van der Waals surface area contributed by atoms with Crippen LogP contribution < -0.4 is 0 Å². The minimum Gasteiger partial charge on any atom is -0.334 e. The SMILES string of the molecule is C=CC(=O)N1CCc2nnc(-c3cccc(F)c3)cc2C1. The molecule has 1 aromatic carbocycles. The molecule has 0 atom stereocenters. The maximum Gasteiger partial charge on any atom is 0.246 e. The summed E-state index contributed by atoms with van der Waals surface area (Å²) >= 11 is 0. The Bertz CT molecular complexity index is 714. The van der Waals surface area contributed by atoms with Gasteiger partial charge in [0.15, 0.2) is 0 Å². The van der Waals surface area contributed by atoms with Crippen molar-refractivity contribution in [2.75, 3.05) is 6.54 Å². The molecule has 0 radical (unpaired) electrons. The Balaban J connectivity index is 1.94. The van der Waals surface area contributed by atoms with Gasteiger partial charge < -0.3 is 4.90 Å². The number of amides is 1. The second kappa shape index (κ2) is 5.44. The van der Waals surface area contributed by atoms with Gasteiger partial charge in [-0.3, -0.25) is 4.79 Å². The molecule has 1 aliphatic rings. The van der Waals surface area contributed by atoms with E-state index in [1.807, 2.05) is 6.07 Å². The average molecular weight is 283 g/mol. The zero-order valence-electron chi connectivity index (χ0n) is 11.4. The van der Waals surface area contributed by atoms with Gasteiger partial charge in [0.2, 0.25) is 5.91 Å². The first kappa shape index (κ1) is 13.4. The van der Waals surface area contributed by atoms with E-state index in [0.717, 1.165) is 11.3 Å². The third kappa shape index (κ3) is 2.67. The summed E-state index contributed by atoms with van der Waals surface area (Å²) in [6.45, 7) is 4.61. The van der Waals surface area contributed by atoms with Crippen molar-refractivity contribution < 1.29 is 9.18 Å². The van der Waals surface area contributed by atoms with E-state index in [9.17, 15) is 9.18 Å². The van der Waals surface area contributed by atoms with Crippen LogP contribution in [-0.2, 0) is 17.8 Å². The maximum atomic E-state index is 13.3. The summed E-state index contributed by atoms with van der Waals surface area (Å²) in [4.78, 5) is 13.4. The fourth-order valence-electron chi connectivity index (χ4n) is 2.43. The number of hydrogen-bond acceptors (Lipinski definition) is 3. The molecule has 0 saturated heterocycles. The van der Waals surface area contributed by atoms with E-state index in [1.54, 1.807) is 17.0 Å². The van der Waals surface area contributed by atoms with E-state index in [-0.39, 0.29) is 11.7 Å². The van der Waals surface area contributed by atoms with E-state index in [2.05, 4.69) is 16.8 Å². The molecule has 0 bridgehead atoms. The maximum absolute atomic E-state index is 13.3. The average Bonchev–Trinajstić information content (AvgIpc) is 2.53. The lowest BCUT2D eigenvalue weighted by molar-refractivity contribution is -0.126. The summed E-state index contributed by atoms with van der Waals surface area (Å²) < 4.78 is 13.3. The van der Waals surface area contributed by atoms with Crippen molar-refractivity contribution in [3.63, 3.8) is 0 Å². The van der Waals surface area contributed by atoms with Crippen LogP contribution in [0.5, 0.6) is 0 Å². The lowest BCUT2D eigenvalue weighted by Gasteiger charge is -2.27. The number of benzene rings is 1. The summed E-state index contributed by atoms with van der Waals surface area (Å²) in [6, 6.07) is 8.11. The Labute approximate surface area is 121 Å². The molecular weight excluding hydrogens is 269 g/mol. The van der Waals surface area contributed by atoms with Crippen LogP contribution in [0.4, 0.5) is 4.39 Å². The zero-order chi connectivity index (χ0) is 14.8. The molecule has 0 spiro atoms. The second-order valence-corrected chi connectivity index (χ2v) is 4.93. The lowest BCUT2D eigenvalue weighted by atomic mass is 10.0. The van der Waals surface area contributed by atoms with Gasteiger partial charge in [-0.05, 0) is 29.8 Å². The summed E-state index contributed by atoms with van der Waals surface area (Å²) in [5, 5.41) is 8.36. The molecule has 5 heteroatoms. The largest absolute Gasteiger partial charge is 0.334 e. The minimum atomic E-state index is -0.310. The molecule has 106 valence electrons. The summed E-state index contributed by atoms with van der Waals surface area (Å²) in [5.74, 6) is -0.403. The number of hydrogen-bond donors (Lipinski definition) is 0. The van der Waals surface area contributed by atoms with Gasteiger partial charge in [0, 0.05) is 25.1 Å². The first-order valence-electron chi connectivity index (χ1n) is 6.70. The molecule has 2 aromatic rings. The Hall–Kier alpha value is -2.56. The van der Waals surface area contributed by atoms with Crippen molar-refractivity contribution in [3.8, 4) is 11.3 Å². The number of rotatable bonds is 2. The van der Waals surface area contributed by atoms with Crippen LogP contribution in [0.2, 0.25) is 0 Å². The Morgan fingerprint density at radius 1 is 1.33 bits per heavy atom. The van der Waals surface area contributed by atoms with E-state index < -0.39 is 0 Å². The van der Waals surface area contributed by atoms with E-state index in [1.165, 1.54) is 18.2 Å². The molecule has 1 amide bonds. The summed E-state index contributed by atoms with van der Waals surface area (Å²) in [6.07, 6.45) is 1.98. The van der Waals surface area contributed by atoms with Crippen molar-refractivity contribution in [3.05, 3.63) is 60.1 Å². The van der Waals surface area contributed by atoms with E-state index >= 15 is 0 Å². The first-order chi connectivity index (χ1) is 10.2. The molecule has 0 aliphatic carbocycles. The van der Waals surface area contributed by atoms with Crippen molar-refractivity contribution in [2.45, 2.75) is 13.0 Å². The number of carbonyl (C=O) groups is 1. The van der Waals surface area contributed by atoms with Gasteiger partial charge in [-0.1, -0.05) is 18.7 Å². The predicted octanol–water partition coefficient (Wildman–Crippen LogP) is 2.35. The smallest absolute Gasteiger partial charge is 0.246 e. The van der Waals surface area contributed by atoms with Crippen molar-refractivity contribution in [1.29, 1.82) is 0 Å². The number of aromatic nitrogens is 2. The van der Waals surface area contributed by atoms with Crippen molar-refractivity contribution in [2.24, 2.45) is 0 Å².